The minimum absolute atomic E-state index is 0.0578. The highest BCUT2D eigenvalue weighted by atomic mass is 32.2. The van der Waals surface area contributed by atoms with Gasteiger partial charge in [-0.3, -0.25) is 14.5 Å². The van der Waals surface area contributed by atoms with Gasteiger partial charge >= 0.3 is 0 Å². The number of hydrogen-bond donors (Lipinski definition) is 2. The van der Waals surface area contributed by atoms with Crippen LogP contribution >= 0.6 is 0 Å². The van der Waals surface area contributed by atoms with Crippen molar-refractivity contribution >= 4 is 27.5 Å². The lowest BCUT2D eigenvalue weighted by atomic mass is 9.98. The maximum atomic E-state index is 13.5. The molecular weight excluding hydrogens is 466 g/mol. The molecule has 0 aliphatic rings. The van der Waals surface area contributed by atoms with E-state index >= 15 is 0 Å². The number of nitrogens with one attached hydrogen (secondary N) is 2. The van der Waals surface area contributed by atoms with Crippen LogP contribution in [0.2, 0.25) is 0 Å². The Morgan fingerprint density at radius 1 is 1.00 bits per heavy atom. The van der Waals surface area contributed by atoms with Crippen LogP contribution in [-0.4, -0.2) is 32.8 Å². The molecule has 0 saturated heterocycles. The molecule has 3 aromatic rings. The van der Waals surface area contributed by atoms with Crippen molar-refractivity contribution in [3.63, 3.8) is 0 Å². The maximum absolute atomic E-state index is 13.5. The molecule has 2 N–H and O–H groups in total. The van der Waals surface area contributed by atoms with Crippen molar-refractivity contribution in [3.8, 4) is 0 Å². The Balaban J connectivity index is 1.91. The SMILES string of the molecule is Cc1ccc(N(C(=O)CNS(=O)(=O)c2ccccc2)C(C(=O)NCc2ccco2)C(C)C)c(C)c1. The summed E-state index contributed by atoms with van der Waals surface area (Å²) in [4.78, 5) is 28.3. The minimum atomic E-state index is -3.90. The number of anilines is 1. The summed E-state index contributed by atoms with van der Waals surface area (Å²) < 4.78 is 33.1. The summed E-state index contributed by atoms with van der Waals surface area (Å²) in [6.07, 6.45) is 1.52. The van der Waals surface area contributed by atoms with Crippen molar-refractivity contribution in [1.82, 2.24) is 10.0 Å². The van der Waals surface area contributed by atoms with Crippen molar-refractivity contribution in [2.45, 2.75) is 45.2 Å². The zero-order valence-electron chi connectivity index (χ0n) is 20.3. The van der Waals surface area contributed by atoms with Crippen LogP contribution < -0.4 is 14.9 Å². The van der Waals surface area contributed by atoms with Crippen LogP contribution in [0.1, 0.15) is 30.7 Å². The van der Waals surface area contributed by atoms with E-state index in [0.717, 1.165) is 11.1 Å². The number of carbonyl (C=O) groups excluding carboxylic acids is 2. The molecule has 0 bridgehead atoms. The highest BCUT2D eigenvalue weighted by Crippen LogP contribution is 2.27. The lowest BCUT2D eigenvalue weighted by molar-refractivity contribution is -0.127. The zero-order chi connectivity index (χ0) is 25.6. The third-order valence-electron chi connectivity index (χ3n) is 5.54. The number of carbonyl (C=O) groups is 2. The summed E-state index contributed by atoms with van der Waals surface area (Å²) >= 11 is 0. The first-order chi connectivity index (χ1) is 16.6. The van der Waals surface area contributed by atoms with Gasteiger partial charge in [-0.25, -0.2) is 13.1 Å². The average Bonchev–Trinajstić information content (AvgIpc) is 3.34. The second-order valence-corrected chi connectivity index (χ2v) is 10.4. The number of amides is 2. The van der Waals surface area contributed by atoms with Gasteiger partial charge < -0.3 is 9.73 Å². The summed E-state index contributed by atoms with van der Waals surface area (Å²) in [5.41, 5.74) is 2.35. The van der Waals surface area contributed by atoms with E-state index < -0.39 is 28.5 Å². The molecule has 0 saturated carbocycles. The number of benzene rings is 2. The predicted octanol–water partition coefficient (Wildman–Crippen LogP) is 3.55. The molecule has 35 heavy (non-hydrogen) atoms. The average molecular weight is 498 g/mol. The van der Waals surface area contributed by atoms with E-state index in [4.69, 9.17) is 4.42 Å². The monoisotopic (exact) mass is 497 g/mol. The Kier molecular flexibility index (Phi) is 8.48. The fourth-order valence-corrected chi connectivity index (χ4v) is 4.85. The highest BCUT2D eigenvalue weighted by Gasteiger charge is 2.35. The van der Waals surface area contributed by atoms with Crippen molar-refractivity contribution in [2.24, 2.45) is 5.92 Å². The normalized spacial score (nSPS) is 12.4. The highest BCUT2D eigenvalue weighted by molar-refractivity contribution is 7.89. The molecule has 0 aliphatic carbocycles. The van der Waals surface area contributed by atoms with Gasteiger partial charge in [0.2, 0.25) is 21.8 Å². The van der Waals surface area contributed by atoms with Crippen molar-refractivity contribution in [1.29, 1.82) is 0 Å². The zero-order valence-corrected chi connectivity index (χ0v) is 21.1. The topological polar surface area (TPSA) is 109 Å². The Morgan fingerprint density at radius 2 is 1.71 bits per heavy atom. The van der Waals surface area contributed by atoms with E-state index in [1.165, 1.54) is 23.3 Å². The van der Waals surface area contributed by atoms with Crippen LogP contribution in [0.25, 0.3) is 0 Å². The number of hydrogen-bond acceptors (Lipinski definition) is 5. The van der Waals surface area contributed by atoms with E-state index in [-0.39, 0.29) is 23.3 Å². The smallest absolute Gasteiger partial charge is 0.243 e. The fraction of sp³-hybridized carbons (Fsp3) is 0.308. The van der Waals surface area contributed by atoms with Crippen molar-refractivity contribution in [3.05, 3.63) is 83.8 Å². The molecule has 8 nitrogen and oxygen atoms in total. The maximum Gasteiger partial charge on any atom is 0.243 e. The second kappa shape index (κ2) is 11.3. The van der Waals surface area contributed by atoms with Crippen LogP contribution in [0.3, 0.4) is 0 Å². The van der Waals surface area contributed by atoms with E-state index in [1.807, 2.05) is 39.8 Å². The van der Waals surface area contributed by atoms with E-state index in [0.29, 0.717) is 11.4 Å². The Hall–Kier alpha value is -3.43. The first-order valence-corrected chi connectivity index (χ1v) is 12.8. The lowest BCUT2D eigenvalue weighted by Gasteiger charge is -2.34. The molecule has 9 heteroatoms. The van der Waals surface area contributed by atoms with Gasteiger partial charge in [0.25, 0.3) is 0 Å². The fourth-order valence-electron chi connectivity index (χ4n) is 3.85. The standard InChI is InChI=1S/C26H31N3O5S/c1-18(2)25(26(31)27-16-21-9-8-14-34-21)29(23-13-12-19(3)15-20(23)4)24(30)17-28-35(32,33)22-10-6-5-7-11-22/h5-15,18,25,28H,16-17H2,1-4H3,(H,27,31). The van der Waals surface area contributed by atoms with Gasteiger partial charge in [-0.2, -0.15) is 0 Å². The summed E-state index contributed by atoms with van der Waals surface area (Å²) in [5, 5.41) is 2.84. The van der Waals surface area contributed by atoms with Crippen molar-refractivity contribution in [2.75, 3.05) is 11.4 Å². The van der Waals surface area contributed by atoms with Gasteiger partial charge in [0.15, 0.2) is 0 Å². The molecular formula is C26H31N3O5S. The molecule has 1 atom stereocenters. The number of sulfonamides is 1. The lowest BCUT2D eigenvalue weighted by Crippen LogP contribution is -2.55. The first kappa shape index (κ1) is 26.2. The van der Waals surface area contributed by atoms with Crippen LogP contribution in [0.4, 0.5) is 5.69 Å². The van der Waals surface area contributed by atoms with Gasteiger partial charge in [0.1, 0.15) is 11.8 Å². The Bertz CT molecular complexity index is 1260. The molecule has 0 radical (unpaired) electrons. The Morgan fingerprint density at radius 3 is 2.31 bits per heavy atom. The van der Waals surface area contributed by atoms with Gasteiger partial charge in [-0.1, -0.05) is 49.7 Å². The summed E-state index contributed by atoms with van der Waals surface area (Å²) in [6.45, 7) is 7.15. The molecule has 2 aromatic carbocycles. The number of rotatable bonds is 10. The van der Waals surface area contributed by atoms with Crippen LogP contribution in [-0.2, 0) is 26.2 Å². The molecule has 0 fully saturated rings. The largest absolute Gasteiger partial charge is 0.467 e. The molecule has 3 rings (SSSR count). The minimum Gasteiger partial charge on any atom is -0.467 e. The first-order valence-electron chi connectivity index (χ1n) is 11.3. The van der Waals surface area contributed by atoms with Gasteiger partial charge in [-0.05, 0) is 55.7 Å². The molecule has 1 heterocycles. The summed E-state index contributed by atoms with van der Waals surface area (Å²) in [6, 6.07) is 16.0. The van der Waals surface area contributed by atoms with E-state index in [1.54, 1.807) is 36.4 Å². The molecule has 1 unspecified atom stereocenters. The van der Waals surface area contributed by atoms with E-state index in [9.17, 15) is 18.0 Å². The quantitative estimate of drug-likeness (QED) is 0.445. The van der Waals surface area contributed by atoms with E-state index in [2.05, 4.69) is 10.0 Å². The molecule has 186 valence electrons. The van der Waals surface area contributed by atoms with Gasteiger partial charge in [0, 0.05) is 5.69 Å². The number of nitrogens with zero attached hydrogens (tertiary/aromatic N) is 1. The predicted molar refractivity (Wildman–Crippen MR) is 134 cm³/mol. The summed E-state index contributed by atoms with van der Waals surface area (Å²) in [7, 11) is -3.90. The number of furan rings is 1. The number of aryl methyl sites for hydroxylation is 2. The molecule has 2 amide bonds. The van der Waals surface area contributed by atoms with Gasteiger partial charge in [-0.15, -0.1) is 0 Å². The third-order valence-corrected chi connectivity index (χ3v) is 6.96. The van der Waals surface area contributed by atoms with Crippen molar-refractivity contribution < 1.29 is 22.4 Å². The molecule has 0 aliphatic heterocycles. The third kappa shape index (κ3) is 6.58. The van der Waals surface area contributed by atoms with Crippen LogP contribution in [0, 0.1) is 19.8 Å². The molecule has 0 spiro atoms. The molecule has 1 aromatic heterocycles. The van der Waals surface area contributed by atoms with Crippen LogP contribution in [0.15, 0.2) is 76.2 Å². The summed E-state index contributed by atoms with van der Waals surface area (Å²) in [5.74, 6) is -0.582. The second-order valence-electron chi connectivity index (χ2n) is 8.68. The van der Waals surface area contributed by atoms with Gasteiger partial charge in [0.05, 0.1) is 24.2 Å². The van der Waals surface area contributed by atoms with Crippen LogP contribution in [0.5, 0.6) is 0 Å². The Labute approximate surface area is 206 Å².